The van der Waals surface area contributed by atoms with Gasteiger partial charge in [0.25, 0.3) is 11.5 Å². The SMILES string of the molecule is CC.CC.CCCCn1c(=O)c(OCC(=O)NC)cc2cc(Nc3nc(N4CCCCC4)ncc3Cl)ccc21. The van der Waals surface area contributed by atoms with E-state index in [9.17, 15) is 9.59 Å². The quantitative estimate of drug-likeness (QED) is 0.324. The van der Waals surface area contributed by atoms with Gasteiger partial charge in [-0.25, -0.2) is 4.98 Å². The Labute approximate surface area is 236 Å². The Morgan fingerprint density at radius 2 is 1.82 bits per heavy atom. The summed E-state index contributed by atoms with van der Waals surface area (Å²) in [6.07, 6.45) is 6.90. The minimum absolute atomic E-state index is 0.141. The van der Waals surface area contributed by atoms with E-state index in [1.807, 2.05) is 45.9 Å². The number of rotatable bonds is 9. The number of halogens is 1. The first kappa shape index (κ1) is 31.9. The van der Waals surface area contributed by atoms with Gasteiger partial charge in [-0.2, -0.15) is 4.98 Å². The zero-order chi connectivity index (χ0) is 28.8. The number of hydrogen-bond acceptors (Lipinski definition) is 7. The molecule has 1 aliphatic rings. The Morgan fingerprint density at radius 3 is 2.49 bits per heavy atom. The van der Waals surface area contributed by atoms with Crippen LogP contribution in [0.2, 0.25) is 5.02 Å². The van der Waals surface area contributed by atoms with E-state index in [2.05, 4.69) is 32.4 Å². The Bertz CT molecular complexity index is 1260. The molecule has 1 aliphatic heterocycles. The Morgan fingerprint density at radius 1 is 1.10 bits per heavy atom. The third-order valence-corrected chi connectivity index (χ3v) is 6.34. The van der Waals surface area contributed by atoms with E-state index in [1.165, 1.54) is 13.5 Å². The fraction of sp³-hybridized carbons (Fsp3) is 0.517. The van der Waals surface area contributed by atoms with E-state index in [4.69, 9.17) is 16.3 Å². The lowest BCUT2D eigenvalue weighted by molar-refractivity contribution is -0.122. The maximum Gasteiger partial charge on any atom is 0.293 e. The van der Waals surface area contributed by atoms with Gasteiger partial charge in [-0.3, -0.25) is 9.59 Å². The zero-order valence-electron chi connectivity index (χ0n) is 24.1. The normalized spacial score (nSPS) is 12.5. The molecule has 0 spiro atoms. The molecule has 39 heavy (non-hydrogen) atoms. The van der Waals surface area contributed by atoms with Gasteiger partial charge < -0.3 is 24.8 Å². The molecule has 9 nitrogen and oxygen atoms in total. The number of aryl methyl sites for hydroxylation is 1. The summed E-state index contributed by atoms with van der Waals surface area (Å²) in [6.45, 7) is 12.3. The lowest BCUT2D eigenvalue weighted by Gasteiger charge is -2.26. The van der Waals surface area contributed by atoms with Gasteiger partial charge in [0, 0.05) is 37.8 Å². The number of carbonyl (C=O) groups is 1. The highest BCUT2D eigenvalue weighted by molar-refractivity contribution is 6.32. The lowest BCUT2D eigenvalue weighted by atomic mass is 10.1. The molecule has 0 aliphatic carbocycles. The topological polar surface area (TPSA) is 101 Å². The first-order valence-corrected chi connectivity index (χ1v) is 14.4. The number of pyridine rings is 1. The Balaban J connectivity index is 0.00000127. The number of carbonyl (C=O) groups excluding carboxylic acids is 1. The molecular weight excluding hydrogens is 516 g/mol. The van der Waals surface area contributed by atoms with Crippen molar-refractivity contribution in [2.45, 2.75) is 73.3 Å². The number of benzene rings is 1. The molecule has 3 heterocycles. The first-order chi connectivity index (χ1) is 19.0. The molecule has 1 aromatic carbocycles. The summed E-state index contributed by atoms with van der Waals surface area (Å²) < 4.78 is 7.27. The van der Waals surface area contributed by atoms with E-state index >= 15 is 0 Å². The van der Waals surface area contributed by atoms with E-state index < -0.39 is 0 Å². The average Bonchev–Trinajstić information content (AvgIpc) is 2.99. The third kappa shape index (κ3) is 8.58. The summed E-state index contributed by atoms with van der Waals surface area (Å²) >= 11 is 6.41. The molecule has 2 aromatic heterocycles. The summed E-state index contributed by atoms with van der Waals surface area (Å²) in [7, 11) is 1.53. The first-order valence-electron chi connectivity index (χ1n) is 14.1. The van der Waals surface area contributed by atoms with Crippen LogP contribution in [0, 0.1) is 0 Å². The van der Waals surface area contributed by atoms with Crippen molar-refractivity contribution in [3.8, 4) is 5.75 Å². The summed E-state index contributed by atoms with van der Waals surface area (Å²) in [5.74, 6) is 1.03. The number of piperidine rings is 1. The molecule has 0 bridgehead atoms. The fourth-order valence-electron chi connectivity index (χ4n) is 4.12. The second-order valence-electron chi connectivity index (χ2n) is 8.59. The van der Waals surface area contributed by atoms with Crippen molar-refractivity contribution < 1.29 is 9.53 Å². The van der Waals surface area contributed by atoms with Gasteiger partial charge in [-0.15, -0.1) is 0 Å². The molecule has 0 saturated carbocycles. The van der Waals surface area contributed by atoms with Gasteiger partial charge >= 0.3 is 0 Å². The maximum atomic E-state index is 13.0. The predicted octanol–water partition coefficient (Wildman–Crippen LogP) is 6.16. The van der Waals surface area contributed by atoms with Gasteiger partial charge in [0.2, 0.25) is 5.95 Å². The number of nitrogens with one attached hydrogen (secondary N) is 2. The van der Waals surface area contributed by atoms with Crippen LogP contribution in [-0.2, 0) is 11.3 Å². The van der Waals surface area contributed by atoms with Crippen molar-refractivity contribution in [2.75, 3.05) is 37.0 Å². The van der Waals surface area contributed by atoms with Crippen LogP contribution in [-0.4, -0.2) is 47.2 Å². The van der Waals surface area contributed by atoms with Crippen molar-refractivity contribution in [1.82, 2.24) is 19.9 Å². The number of unbranched alkanes of at least 4 members (excludes halogenated alkanes) is 1. The van der Waals surface area contributed by atoms with Crippen LogP contribution in [0.25, 0.3) is 10.9 Å². The minimum atomic E-state index is -0.303. The molecule has 4 rings (SSSR count). The number of anilines is 3. The second-order valence-corrected chi connectivity index (χ2v) is 9.00. The highest BCUT2D eigenvalue weighted by Crippen LogP contribution is 2.28. The lowest BCUT2D eigenvalue weighted by Crippen LogP contribution is -2.31. The van der Waals surface area contributed by atoms with Gasteiger partial charge in [0.15, 0.2) is 18.2 Å². The standard InChI is InChI=1S/C25H31ClN6O3.2C2H6/c1-3-4-12-32-20-9-8-18(13-17(20)14-21(24(32)34)35-16-22(33)27-2)29-23-19(26)15-28-25(30-23)31-10-6-5-7-11-31;2*1-2/h8-9,13-15H,3-7,10-12,16H2,1-2H3,(H,27,33)(H,28,29,30);2*1-2H3. The number of ether oxygens (including phenoxy) is 1. The van der Waals surface area contributed by atoms with Crippen molar-refractivity contribution in [3.63, 3.8) is 0 Å². The highest BCUT2D eigenvalue weighted by Gasteiger charge is 2.16. The number of aromatic nitrogens is 3. The molecule has 2 N–H and O–H groups in total. The van der Waals surface area contributed by atoms with Crippen LogP contribution in [0.3, 0.4) is 0 Å². The van der Waals surface area contributed by atoms with Gasteiger partial charge in [0.1, 0.15) is 5.02 Å². The van der Waals surface area contributed by atoms with Crippen LogP contribution in [0.4, 0.5) is 17.5 Å². The van der Waals surface area contributed by atoms with Crippen molar-refractivity contribution in [2.24, 2.45) is 0 Å². The number of hydrogen-bond donors (Lipinski definition) is 2. The predicted molar refractivity (Wildman–Crippen MR) is 162 cm³/mol. The van der Waals surface area contributed by atoms with Crippen LogP contribution in [0.5, 0.6) is 5.75 Å². The van der Waals surface area contributed by atoms with Crippen LogP contribution in [0.15, 0.2) is 35.3 Å². The van der Waals surface area contributed by atoms with Crippen molar-refractivity contribution >= 4 is 45.9 Å². The largest absolute Gasteiger partial charge is 0.478 e. The van der Waals surface area contributed by atoms with Gasteiger partial charge in [0.05, 0.1) is 11.7 Å². The number of amides is 1. The Hall–Kier alpha value is -3.33. The summed E-state index contributed by atoms with van der Waals surface area (Å²) in [4.78, 5) is 36.0. The highest BCUT2D eigenvalue weighted by atomic mass is 35.5. The van der Waals surface area contributed by atoms with Crippen molar-refractivity contribution in [3.05, 3.63) is 45.8 Å². The van der Waals surface area contributed by atoms with Gasteiger partial charge in [-0.05, 0) is 49.9 Å². The summed E-state index contributed by atoms with van der Waals surface area (Å²) in [6, 6.07) is 7.39. The molecule has 0 radical (unpaired) electrons. The molecule has 1 amide bonds. The Kier molecular flexibility index (Phi) is 13.6. The molecule has 214 valence electrons. The molecule has 10 heteroatoms. The fourth-order valence-corrected chi connectivity index (χ4v) is 4.26. The number of likely N-dealkylation sites (N-methyl/N-ethyl adjacent to an activating group) is 1. The van der Waals surface area contributed by atoms with Crippen LogP contribution in [0.1, 0.15) is 66.7 Å². The second kappa shape index (κ2) is 16.6. The average molecular weight is 559 g/mol. The number of nitrogens with zero attached hydrogens (tertiary/aromatic N) is 4. The minimum Gasteiger partial charge on any atom is -0.478 e. The molecular formula is C29H43ClN6O3. The summed E-state index contributed by atoms with van der Waals surface area (Å²) in [5.41, 5.74) is 1.31. The molecule has 1 saturated heterocycles. The van der Waals surface area contributed by atoms with E-state index in [0.717, 1.165) is 55.4 Å². The molecule has 0 unspecified atom stereocenters. The van der Waals surface area contributed by atoms with Crippen LogP contribution < -0.4 is 25.8 Å². The smallest absolute Gasteiger partial charge is 0.293 e. The van der Waals surface area contributed by atoms with Gasteiger partial charge in [-0.1, -0.05) is 52.6 Å². The molecule has 3 aromatic rings. The van der Waals surface area contributed by atoms with E-state index in [0.29, 0.717) is 23.3 Å². The molecule has 1 fully saturated rings. The summed E-state index contributed by atoms with van der Waals surface area (Å²) in [5, 5.41) is 7.03. The van der Waals surface area contributed by atoms with E-state index in [1.54, 1.807) is 16.8 Å². The monoisotopic (exact) mass is 558 g/mol. The zero-order valence-corrected chi connectivity index (χ0v) is 24.9. The molecule has 0 atom stereocenters. The third-order valence-electron chi connectivity index (χ3n) is 6.07. The van der Waals surface area contributed by atoms with E-state index in [-0.39, 0.29) is 23.8 Å². The maximum absolute atomic E-state index is 13.0. The number of fused-ring (bicyclic) bond motifs is 1. The van der Waals surface area contributed by atoms with Crippen molar-refractivity contribution in [1.29, 1.82) is 0 Å². The van der Waals surface area contributed by atoms with Crippen LogP contribution >= 0.6 is 11.6 Å².